The second-order valence-electron chi connectivity index (χ2n) is 24.2. The molecule has 0 saturated heterocycles. The summed E-state index contributed by atoms with van der Waals surface area (Å²) in [5.74, 6) is -0.0170. The van der Waals surface area contributed by atoms with E-state index in [0.717, 1.165) is 38.5 Å². The van der Waals surface area contributed by atoms with Gasteiger partial charge in [-0.25, -0.2) is 0 Å². The van der Waals surface area contributed by atoms with E-state index in [1.54, 1.807) is 0 Å². The van der Waals surface area contributed by atoms with E-state index in [2.05, 4.69) is 43.5 Å². The van der Waals surface area contributed by atoms with E-state index in [9.17, 15) is 19.8 Å². The summed E-state index contributed by atoms with van der Waals surface area (Å²) in [7, 11) is 0. The van der Waals surface area contributed by atoms with Crippen LogP contribution in [0.3, 0.4) is 0 Å². The molecule has 0 radical (unpaired) electrons. The van der Waals surface area contributed by atoms with Gasteiger partial charge in [0.05, 0.1) is 25.4 Å². The van der Waals surface area contributed by atoms with Crippen LogP contribution in [0.15, 0.2) is 24.3 Å². The Morgan fingerprint density at radius 3 is 0.922 bits per heavy atom. The molecule has 0 spiro atoms. The lowest BCUT2D eigenvalue weighted by atomic mass is 10.0. The van der Waals surface area contributed by atoms with Gasteiger partial charge in [-0.15, -0.1) is 0 Å². The van der Waals surface area contributed by atoms with Crippen molar-refractivity contribution in [2.75, 3.05) is 13.2 Å². The molecule has 6 nitrogen and oxygen atoms in total. The summed E-state index contributed by atoms with van der Waals surface area (Å²) < 4.78 is 5.51. The van der Waals surface area contributed by atoms with Crippen molar-refractivity contribution in [2.24, 2.45) is 0 Å². The molecule has 3 N–H and O–H groups in total. The molecule has 2 atom stereocenters. The van der Waals surface area contributed by atoms with Crippen LogP contribution < -0.4 is 5.32 Å². The average Bonchev–Trinajstić information content (AvgIpc) is 3.43. The third-order valence-corrected chi connectivity index (χ3v) is 16.5. The van der Waals surface area contributed by atoms with Crippen molar-refractivity contribution in [3.63, 3.8) is 0 Å². The second-order valence-corrected chi connectivity index (χ2v) is 24.2. The Morgan fingerprint density at radius 1 is 0.351 bits per heavy atom. The third kappa shape index (κ3) is 63.4. The minimum Gasteiger partial charge on any atom is -0.466 e. The summed E-state index contributed by atoms with van der Waals surface area (Å²) >= 11 is 0. The minimum absolute atomic E-state index is 0.0161. The van der Waals surface area contributed by atoms with Crippen molar-refractivity contribution in [2.45, 2.75) is 405 Å². The summed E-state index contributed by atoms with van der Waals surface area (Å²) in [5, 5.41) is 23.3. The number of rotatable bonds is 66. The number of nitrogens with one attached hydrogen (secondary N) is 1. The second kappa shape index (κ2) is 66.8. The molecule has 2 unspecified atom stereocenters. The Kier molecular flexibility index (Phi) is 65.4. The smallest absolute Gasteiger partial charge is 0.305 e. The number of ether oxygens (including phenoxy) is 1. The normalized spacial score (nSPS) is 12.6. The van der Waals surface area contributed by atoms with Crippen molar-refractivity contribution in [3.05, 3.63) is 24.3 Å². The number of esters is 1. The number of carbonyl (C=O) groups is 2. The quantitative estimate of drug-likeness (QED) is 0.0320. The van der Waals surface area contributed by atoms with Gasteiger partial charge in [-0.3, -0.25) is 9.59 Å². The van der Waals surface area contributed by atoms with Gasteiger partial charge in [-0.1, -0.05) is 327 Å². The van der Waals surface area contributed by atoms with Gasteiger partial charge in [0.25, 0.3) is 0 Å². The molecule has 6 heteroatoms. The predicted octanol–water partition coefficient (Wildman–Crippen LogP) is 22.5. The summed E-state index contributed by atoms with van der Waals surface area (Å²) in [4.78, 5) is 24.6. The Hall–Kier alpha value is -1.66. The van der Waals surface area contributed by atoms with Gasteiger partial charge in [0, 0.05) is 12.8 Å². The highest BCUT2D eigenvalue weighted by molar-refractivity contribution is 5.76. The largest absolute Gasteiger partial charge is 0.466 e. The standard InChI is InChI=1S/C71H137NO5/c1-3-5-7-9-11-13-15-17-18-19-30-34-37-41-45-49-53-57-61-65-71(76)77-66-62-58-54-50-46-42-38-35-32-29-27-25-23-21-20-22-24-26-28-31-33-36-40-44-48-52-56-60-64-70(75)72-68(67-73)69(74)63-59-55-51-47-43-39-16-14-12-10-8-6-4-2/h17-18,20-21,68-69,73-74H,3-16,19,22-67H2,1-2H3,(H,72,75)/b18-17-,21-20-. The van der Waals surface area contributed by atoms with E-state index in [1.165, 1.54) is 321 Å². The molecule has 0 aromatic heterocycles. The lowest BCUT2D eigenvalue weighted by molar-refractivity contribution is -0.143. The van der Waals surface area contributed by atoms with Gasteiger partial charge in [-0.05, 0) is 77.0 Å². The molecule has 0 rings (SSSR count). The first kappa shape index (κ1) is 75.3. The van der Waals surface area contributed by atoms with Crippen molar-refractivity contribution < 1.29 is 24.5 Å². The summed E-state index contributed by atoms with van der Waals surface area (Å²) in [6, 6.07) is -0.540. The number of allylic oxidation sites excluding steroid dienone is 4. The molecule has 0 aromatic rings. The third-order valence-electron chi connectivity index (χ3n) is 16.5. The fourth-order valence-electron chi connectivity index (χ4n) is 11.1. The van der Waals surface area contributed by atoms with E-state index < -0.39 is 12.1 Å². The highest BCUT2D eigenvalue weighted by Crippen LogP contribution is 2.18. The van der Waals surface area contributed by atoms with E-state index >= 15 is 0 Å². The van der Waals surface area contributed by atoms with Crippen LogP contribution in [0.1, 0.15) is 393 Å². The Morgan fingerprint density at radius 2 is 0.610 bits per heavy atom. The summed E-state index contributed by atoms with van der Waals surface area (Å²) in [5.41, 5.74) is 0. The molecule has 0 aliphatic heterocycles. The molecule has 1 amide bonds. The number of unbranched alkanes of at least 4 members (excludes halogenated alkanes) is 51. The number of hydrogen-bond donors (Lipinski definition) is 3. The molecule has 0 aliphatic rings. The monoisotopic (exact) mass is 1080 g/mol. The van der Waals surface area contributed by atoms with Crippen molar-refractivity contribution >= 4 is 11.9 Å². The fraction of sp³-hybridized carbons (Fsp3) is 0.915. The van der Waals surface area contributed by atoms with Gasteiger partial charge < -0.3 is 20.3 Å². The van der Waals surface area contributed by atoms with Crippen molar-refractivity contribution in [1.82, 2.24) is 5.32 Å². The molecular formula is C71H137NO5. The number of hydrogen-bond acceptors (Lipinski definition) is 5. The Balaban J connectivity index is 3.35. The first-order chi connectivity index (χ1) is 38.0. The predicted molar refractivity (Wildman–Crippen MR) is 338 cm³/mol. The van der Waals surface area contributed by atoms with E-state index in [4.69, 9.17) is 4.74 Å². The maximum absolute atomic E-state index is 12.5. The maximum Gasteiger partial charge on any atom is 0.305 e. The van der Waals surface area contributed by atoms with Crippen molar-refractivity contribution in [3.8, 4) is 0 Å². The van der Waals surface area contributed by atoms with Gasteiger partial charge in [-0.2, -0.15) is 0 Å². The van der Waals surface area contributed by atoms with Crippen LogP contribution in [0.5, 0.6) is 0 Å². The summed E-state index contributed by atoms with van der Waals surface area (Å²) in [6.07, 6.45) is 83.7. The van der Waals surface area contributed by atoms with E-state index in [-0.39, 0.29) is 18.5 Å². The zero-order valence-corrected chi connectivity index (χ0v) is 52.2. The molecule has 0 bridgehead atoms. The zero-order chi connectivity index (χ0) is 55.7. The topological polar surface area (TPSA) is 95.9 Å². The van der Waals surface area contributed by atoms with Crippen LogP contribution in [0, 0.1) is 0 Å². The average molecular weight is 1080 g/mol. The number of carbonyl (C=O) groups excluding carboxylic acids is 2. The lowest BCUT2D eigenvalue weighted by Crippen LogP contribution is -2.45. The van der Waals surface area contributed by atoms with Gasteiger partial charge in [0.15, 0.2) is 0 Å². The number of amides is 1. The molecule has 0 saturated carbocycles. The van der Waals surface area contributed by atoms with E-state index in [0.29, 0.717) is 25.9 Å². The number of aliphatic hydroxyl groups is 2. The van der Waals surface area contributed by atoms with Gasteiger partial charge in [0.2, 0.25) is 5.91 Å². The molecule has 0 fully saturated rings. The molecule has 456 valence electrons. The number of aliphatic hydroxyl groups excluding tert-OH is 2. The van der Waals surface area contributed by atoms with Crippen LogP contribution in [0.4, 0.5) is 0 Å². The Labute approximate surface area is 481 Å². The van der Waals surface area contributed by atoms with Crippen LogP contribution in [0.25, 0.3) is 0 Å². The molecule has 0 aromatic carbocycles. The Bertz CT molecular complexity index is 1200. The van der Waals surface area contributed by atoms with Gasteiger partial charge >= 0.3 is 5.97 Å². The fourth-order valence-corrected chi connectivity index (χ4v) is 11.1. The van der Waals surface area contributed by atoms with Crippen LogP contribution in [-0.2, 0) is 14.3 Å². The van der Waals surface area contributed by atoms with Crippen LogP contribution >= 0.6 is 0 Å². The first-order valence-corrected chi connectivity index (χ1v) is 35.1. The maximum atomic E-state index is 12.5. The van der Waals surface area contributed by atoms with E-state index in [1.807, 2.05) is 0 Å². The molecule has 0 heterocycles. The van der Waals surface area contributed by atoms with Crippen LogP contribution in [-0.4, -0.2) is 47.4 Å². The zero-order valence-electron chi connectivity index (χ0n) is 52.2. The van der Waals surface area contributed by atoms with Crippen LogP contribution in [0.2, 0.25) is 0 Å². The minimum atomic E-state index is -0.663. The lowest BCUT2D eigenvalue weighted by Gasteiger charge is -2.22. The highest BCUT2D eigenvalue weighted by Gasteiger charge is 2.20. The molecule has 77 heavy (non-hydrogen) atoms. The molecular weight excluding hydrogens is 947 g/mol. The highest BCUT2D eigenvalue weighted by atomic mass is 16.5. The molecule has 0 aliphatic carbocycles. The first-order valence-electron chi connectivity index (χ1n) is 35.1. The van der Waals surface area contributed by atoms with Crippen molar-refractivity contribution in [1.29, 1.82) is 0 Å². The SMILES string of the molecule is CCCCCCCC/C=C\CCCCCCCCCCCC(=O)OCCCCCCCCCCCCCC/C=C\CCCCCCCCCCCCCCC(=O)NC(CO)C(O)CCCCCCCCCCCCCCC. The summed E-state index contributed by atoms with van der Waals surface area (Å²) in [6.45, 7) is 4.98. The van der Waals surface area contributed by atoms with Gasteiger partial charge in [0.1, 0.15) is 0 Å².